The first-order valence-corrected chi connectivity index (χ1v) is 5.82. The first-order chi connectivity index (χ1) is 6.81. The largest absolute Gasteiger partial charge is 0.489 e. The van der Waals surface area contributed by atoms with E-state index in [0.29, 0.717) is 17.9 Å². The van der Waals surface area contributed by atoms with Crippen molar-refractivity contribution in [3.05, 3.63) is 29.8 Å². The second kappa shape index (κ2) is 4.16. The highest BCUT2D eigenvalue weighted by Crippen LogP contribution is 2.23. The number of ether oxygens (including phenoxy) is 2. The van der Waals surface area contributed by atoms with Crippen LogP contribution in [0.3, 0.4) is 0 Å². The third-order valence-corrected chi connectivity index (χ3v) is 2.96. The molecule has 0 N–H and O–H groups in total. The molecule has 0 saturated heterocycles. The summed E-state index contributed by atoms with van der Waals surface area (Å²) < 4.78 is 11.4. The molecule has 3 nitrogen and oxygen atoms in total. The van der Waals surface area contributed by atoms with E-state index in [1.54, 1.807) is 18.2 Å². The van der Waals surface area contributed by atoms with Gasteiger partial charge in [0.15, 0.2) is 0 Å². The summed E-state index contributed by atoms with van der Waals surface area (Å²) in [6.45, 7) is 0.436. The molecule has 4 heteroatoms. The summed E-state index contributed by atoms with van der Waals surface area (Å²) >= 11 is 2.18. The van der Waals surface area contributed by atoms with Crippen LogP contribution in [0.25, 0.3) is 0 Å². The Labute approximate surface area is 95.5 Å². The average Bonchev–Trinajstić information content (AvgIpc) is 2.39. The summed E-state index contributed by atoms with van der Waals surface area (Å²) in [4.78, 5) is 11.6. The lowest BCUT2D eigenvalue weighted by molar-refractivity contribution is 0.0307. The quantitative estimate of drug-likeness (QED) is 0.452. The molecule has 0 aromatic heterocycles. The molecular weight excluding hydrogens is 295 g/mol. The Morgan fingerprint density at radius 2 is 2.21 bits per heavy atom. The number of esters is 1. The number of hydrogen-bond acceptors (Lipinski definition) is 3. The summed E-state index contributed by atoms with van der Waals surface area (Å²) in [5, 5.41) is 0. The van der Waals surface area contributed by atoms with Crippen LogP contribution < -0.4 is 4.74 Å². The third-order valence-electron chi connectivity index (χ3n) is 1.98. The highest BCUT2D eigenvalue weighted by atomic mass is 127. The zero-order chi connectivity index (χ0) is 9.97. The van der Waals surface area contributed by atoms with Crippen LogP contribution in [0.2, 0.25) is 0 Å². The maximum Gasteiger partial charge on any atom is 0.342 e. The predicted octanol–water partition coefficient (Wildman–Crippen LogP) is 2.04. The Kier molecular flexibility index (Phi) is 2.90. The highest BCUT2D eigenvalue weighted by molar-refractivity contribution is 14.1. The zero-order valence-corrected chi connectivity index (χ0v) is 9.56. The topological polar surface area (TPSA) is 35.5 Å². The molecule has 0 bridgehead atoms. The van der Waals surface area contributed by atoms with Gasteiger partial charge in [0.05, 0.1) is 0 Å². The van der Waals surface area contributed by atoms with Crippen LogP contribution in [0.4, 0.5) is 0 Å². The molecule has 0 aliphatic carbocycles. The molecule has 1 aliphatic heterocycles. The molecule has 74 valence electrons. The van der Waals surface area contributed by atoms with Gasteiger partial charge in [0.2, 0.25) is 0 Å². The molecule has 0 unspecified atom stereocenters. The maximum atomic E-state index is 11.6. The molecular formula is C10H9IO3. The van der Waals surface area contributed by atoms with E-state index < -0.39 is 0 Å². The van der Waals surface area contributed by atoms with Gasteiger partial charge in [-0.15, -0.1) is 0 Å². The number of para-hydroxylation sites is 1. The van der Waals surface area contributed by atoms with Crippen molar-refractivity contribution in [2.45, 2.75) is 6.10 Å². The molecule has 1 atom stereocenters. The van der Waals surface area contributed by atoms with Crippen LogP contribution in [0.15, 0.2) is 24.3 Å². The van der Waals surface area contributed by atoms with Gasteiger partial charge >= 0.3 is 5.97 Å². The number of halogens is 1. The zero-order valence-electron chi connectivity index (χ0n) is 7.40. The summed E-state index contributed by atoms with van der Waals surface area (Å²) in [7, 11) is 0. The number of cyclic esters (lactones) is 1. The molecule has 0 spiro atoms. The second-order valence-electron chi connectivity index (χ2n) is 2.99. The normalized spacial score (nSPS) is 20.4. The van der Waals surface area contributed by atoms with E-state index in [9.17, 15) is 4.79 Å². The van der Waals surface area contributed by atoms with Crippen molar-refractivity contribution < 1.29 is 14.3 Å². The lowest BCUT2D eigenvalue weighted by Crippen LogP contribution is -2.23. The predicted molar refractivity (Wildman–Crippen MR) is 60.0 cm³/mol. The maximum absolute atomic E-state index is 11.6. The Morgan fingerprint density at radius 1 is 1.43 bits per heavy atom. The van der Waals surface area contributed by atoms with Crippen LogP contribution in [0, 0.1) is 0 Å². The standard InChI is InChI=1S/C10H9IO3/c11-5-7-6-13-9-4-2-1-3-8(9)10(12)14-7/h1-4,7H,5-6H2/t7-/m1/s1. The minimum absolute atomic E-state index is 0.143. The number of fused-ring (bicyclic) bond motifs is 1. The lowest BCUT2D eigenvalue weighted by Gasteiger charge is -2.10. The van der Waals surface area contributed by atoms with Crippen molar-refractivity contribution in [2.75, 3.05) is 11.0 Å². The van der Waals surface area contributed by atoms with Gasteiger partial charge in [0, 0.05) is 4.43 Å². The van der Waals surface area contributed by atoms with Gasteiger partial charge in [-0.3, -0.25) is 0 Å². The Balaban J connectivity index is 2.31. The van der Waals surface area contributed by atoms with Gasteiger partial charge in [0.1, 0.15) is 24.0 Å². The SMILES string of the molecule is O=C1O[C@H](CI)COc2ccccc21. The number of alkyl halides is 1. The number of benzene rings is 1. The summed E-state index contributed by atoms with van der Waals surface area (Å²) in [6, 6.07) is 7.14. The molecule has 1 aromatic carbocycles. The fourth-order valence-corrected chi connectivity index (χ4v) is 1.70. The van der Waals surface area contributed by atoms with E-state index >= 15 is 0 Å². The van der Waals surface area contributed by atoms with Gasteiger partial charge in [-0.25, -0.2) is 4.79 Å². The van der Waals surface area contributed by atoms with Gasteiger partial charge in [-0.2, -0.15) is 0 Å². The van der Waals surface area contributed by atoms with Crippen LogP contribution in [-0.2, 0) is 4.74 Å². The number of rotatable bonds is 1. The monoisotopic (exact) mass is 304 g/mol. The summed E-state index contributed by atoms with van der Waals surface area (Å²) in [5.41, 5.74) is 0.514. The molecule has 1 heterocycles. The van der Waals surface area contributed by atoms with Crippen LogP contribution in [0.5, 0.6) is 5.75 Å². The molecule has 1 aromatic rings. The molecule has 1 aliphatic rings. The van der Waals surface area contributed by atoms with Crippen molar-refractivity contribution in [3.8, 4) is 5.75 Å². The second-order valence-corrected chi connectivity index (χ2v) is 3.87. The number of hydrogen-bond donors (Lipinski definition) is 0. The van der Waals surface area contributed by atoms with Gasteiger partial charge in [-0.1, -0.05) is 34.7 Å². The minimum Gasteiger partial charge on any atom is -0.489 e. The smallest absolute Gasteiger partial charge is 0.342 e. The fraction of sp³-hybridized carbons (Fsp3) is 0.300. The molecule has 0 amide bonds. The van der Waals surface area contributed by atoms with E-state index in [-0.39, 0.29) is 12.1 Å². The van der Waals surface area contributed by atoms with Crippen molar-refractivity contribution in [3.63, 3.8) is 0 Å². The van der Waals surface area contributed by atoms with Gasteiger partial charge in [0.25, 0.3) is 0 Å². The average molecular weight is 304 g/mol. The van der Waals surface area contributed by atoms with Gasteiger partial charge in [-0.05, 0) is 12.1 Å². The lowest BCUT2D eigenvalue weighted by atomic mass is 10.2. The first kappa shape index (κ1) is 9.76. The van der Waals surface area contributed by atoms with Crippen LogP contribution >= 0.6 is 22.6 Å². The highest BCUT2D eigenvalue weighted by Gasteiger charge is 2.23. The van der Waals surface area contributed by atoms with E-state index in [0.717, 1.165) is 4.43 Å². The van der Waals surface area contributed by atoms with Crippen molar-refractivity contribution in [1.29, 1.82) is 0 Å². The van der Waals surface area contributed by atoms with E-state index in [1.807, 2.05) is 6.07 Å². The van der Waals surface area contributed by atoms with E-state index in [1.165, 1.54) is 0 Å². The van der Waals surface area contributed by atoms with Crippen molar-refractivity contribution in [1.82, 2.24) is 0 Å². The molecule has 0 fully saturated rings. The van der Waals surface area contributed by atoms with Crippen LogP contribution in [-0.4, -0.2) is 23.1 Å². The van der Waals surface area contributed by atoms with E-state index in [2.05, 4.69) is 22.6 Å². The number of carbonyl (C=O) groups is 1. The van der Waals surface area contributed by atoms with Crippen molar-refractivity contribution >= 4 is 28.6 Å². The van der Waals surface area contributed by atoms with Crippen LogP contribution in [0.1, 0.15) is 10.4 Å². The first-order valence-electron chi connectivity index (χ1n) is 4.30. The molecule has 0 radical (unpaired) electrons. The fourth-order valence-electron chi connectivity index (χ4n) is 1.27. The Hall–Kier alpha value is -0.780. The minimum atomic E-state index is -0.292. The summed E-state index contributed by atoms with van der Waals surface area (Å²) in [6.07, 6.45) is -0.143. The Bertz CT molecular complexity index is 351. The molecule has 0 saturated carbocycles. The number of carbonyl (C=O) groups excluding carboxylic acids is 1. The molecule has 14 heavy (non-hydrogen) atoms. The van der Waals surface area contributed by atoms with Crippen molar-refractivity contribution in [2.24, 2.45) is 0 Å². The third kappa shape index (κ3) is 1.84. The molecule has 2 rings (SSSR count). The summed E-state index contributed by atoms with van der Waals surface area (Å²) in [5.74, 6) is 0.324. The van der Waals surface area contributed by atoms with E-state index in [4.69, 9.17) is 9.47 Å². The van der Waals surface area contributed by atoms with Gasteiger partial charge < -0.3 is 9.47 Å². The Morgan fingerprint density at radius 3 is 3.00 bits per heavy atom.